The van der Waals surface area contributed by atoms with Crippen LogP contribution in [0.2, 0.25) is 0 Å². The van der Waals surface area contributed by atoms with E-state index in [1.807, 2.05) is 6.07 Å². The number of hydrogen-bond donors (Lipinski definition) is 2. The molecule has 33 heavy (non-hydrogen) atoms. The number of carbonyl (C=O) groups is 2. The average molecular weight is 448 g/mol. The van der Waals surface area contributed by atoms with Gasteiger partial charge in [0, 0.05) is 12.1 Å². The van der Waals surface area contributed by atoms with Crippen molar-refractivity contribution in [3.05, 3.63) is 80.4 Å². The number of benzene rings is 2. The lowest BCUT2D eigenvalue weighted by atomic mass is 10.1. The van der Waals surface area contributed by atoms with Crippen LogP contribution in [0.1, 0.15) is 34.8 Å². The summed E-state index contributed by atoms with van der Waals surface area (Å²) in [6, 6.07) is 12.4. The minimum Gasteiger partial charge on any atom is -0.461 e. The van der Waals surface area contributed by atoms with E-state index in [-0.39, 0.29) is 52.2 Å². The second-order valence-corrected chi connectivity index (χ2v) is 7.00. The molecule has 0 saturated heterocycles. The molecule has 2 N–H and O–H groups in total. The first-order chi connectivity index (χ1) is 15.9. The standard InChI is InChI=1S/C24H20N2O7/c1-3-31-23(29)15-11-17(27)14-10-19(33-13-8-6-5-7-9-13)22-20(21(14)25-15)18(28)12-16(26-22)24(30)32-4-2/h5-12H,3-4H2,1-2H3,(H,25,27)(H,26,28). The smallest absolute Gasteiger partial charge is 0.354 e. The van der Waals surface area contributed by atoms with Gasteiger partial charge in [-0.05, 0) is 32.0 Å². The molecular weight excluding hydrogens is 428 g/mol. The number of esters is 2. The van der Waals surface area contributed by atoms with Gasteiger partial charge in [-0.25, -0.2) is 9.59 Å². The number of aromatic amines is 2. The summed E-state index contributed by atoms with van der Waals surface area (Å²) < 4.78 is 15.9. The molecule has 2 aromatic carbocycles. The zero-order valence-electron chi connectivity index (χ0n) is 17.9. The SMILES string of the molecule is CCOC(=O)c1cc(=O)c2c([nH]1)c(Oc1ccccc1)cc1c(=O)cc(C(=O)OCC)[nH]c12. The highest BCUT2D eigenvalue weighted by atomic mass is 16.5. The number of fused-ring (bicyclic) bond motifs is 3. The molecule has 0 radical (unpaired) electrons. The fourth-order valence-electron chi connectivity index (χ4n) is 3.44. The van der Waals surface area contributed by atoms with E-state index in [4.69, 9.17) is 14.2 Å². The van der Waals surface area contributed by atoms with Crippen LogP contribution >= 0.6 is 0 Å². The second kappa shape index (κ2) is 8.99. The van der Waals surface area contributed by atoms with Crippen LogP contribution in [0, 0.1) is 0 Å². The Bertz CT molecular complexity index is 1490. The highest BCUT2D eigenvalue weighted by molar-refractivity contribution is 6.08. The van der Waals surface area contributed by atoms with Crippen LogP contribution in [0.5, 0.6) is 11.5 Å². The summed E-state index contributed by atoms with van der Waals surface area (Å²) in [6.45, 7) is 3.53. The van der Waals surface area contributed by atoms with Crippen LogP contribution in [-0.2, 0) is 9.47 Å². The van der Waals surface area contributed by atoms with Gasteiger partial charge >= 0.3 is 11.9 Å². The molecule has 0 aliphatic carbocycles. The van der Waals surface area contributed by atoms with E-state index in [9.17, 15) is 19.2 Å². The zero-order chi connectivity index (χ0) is 23.5. The summed E-state index contributed by atoms with van der Waals surface area (Å²) in [5.74, 6) is -0.827. The van der Waals surface area contributed by atoms with Crippen molar-refractivity contribution in [2.45, 2.75) is 13.8 Å². The number of para-hydroxylation sites is 1. The summed E-state index contributed by atoms with van der Waals surface area (Å²) in [4.78, 5) is 56.2. The van der Waals surface area contributed by atoms with Gasteiger partial charge in [0.15, 0.2) is 16.6 Å². The molecule has 0 unspecified atom stereocenters. The third-order valence-electron chi connectivity index (χ3n) is 4.83. The van der Waals surface area contributed by atoms with Gasteiger partial charge in [0.05, 0.1) is 35.0 Å². The predicted molar refractivity (Wildman–Crippen MR) is 121 cm³/mol. The monoisotopic (exact) mass is 448 g/mol. The lowest BCUT2D eigenvalue weighted by Crippen LogP contribution is -2.16. The zero-order valence-corrected chi connectivity index (χ0v) is 17.9. The molecule has 0 fully saturated rings. The number of ether oxygens (including phenoxy) is 3. The van der Waals surface area contributed by atoms with E-state index in [1.54, 1.807) is 38.1 Å². The molecule has 0 bridgehead atoms. The molecule has 4 aromatic rings. The maximum atomic E-state index is 13.1. The van der Waals surface area contributed by atoms with Crippen LogP contribution in [0.3, 0.4) is 0 Å². The van der Waals surface area contributed by atoms with E-state index in [2.05, 4.69) is 9.97 Å². The maximum absolute atomic E-state index is 13.1. The largest absolute Gasteiger partial charge is 0.461 e. The Morgan fingerprint density at radius 1 is 0.788 bits per heavy atom. The Morgan fingerprint density at radius 2 is 1.36 bits per heavy atom. The van der Waals surface area contributed by atoms with Gasteiger partial charge < -0.3 is 24.2 Å². The molecule has 0 spiro atoms. The van der Waals surface area contributed by atoms with E-state index >= 15 is 0 Å². The summed E-state index contributed by atoms with van der Waals surface area (Å²) >= 11 is 0. The topological polar surface area (TPSA) is 128 Å². The quantitative estimate of drug-likeness (QED) is 0.341. The van der Waals surface area contributed by atoms with Crippen molar-refractivity contribution in [3.8, 4) is 11.5 Å². The molecule has 168 valence electrons. The van der Waals surface area contributed by atoms with Gasteiger partial charge in [-0.1, -0.05) is 18.2 Å². The van der Waals surface area contributed by atoms with E-state index < -0.39 is 22.8 Å². The number of nitrogens with one attached hydrogen (secondary N) is 2. The lowest BCUT2D eigenvalue weighted by Gasteiger charge is -2.13. The Hall–Kier alpha value is -4.40. The number of rotatable bonds is 6. The Labute approximate surface area is 186 Å². The first-order valence-corrected chi connectivity index (χ1v) is 10.3. The van der Waals surface area contributed by atoms with Crippen molar-refractivity contribution in [1.82, 2.24) is 9.97 Å². The summed E-state index contributed by atoms with van der Waals surface area (Å²) in [5.41, 5.74) is -0.944. The van der Waals surface area contributed by atoms with Crippen molar-refractivity contribution in [1.29, 1.82) is 0 Å². The molecule has 9 nitrogen and oxygen atoms in total. The normalized spacial score (nSPS) is 10.8. The van der Waals surface area contributed by atoms with Crippen LogP contribution in [-0.4, -0.2) is 35.1 Å². The van der Waals surface area contributed by atoms with Crippen LogP contribution in [0.4, 0.5) is 0 Å². The van der Waals surface area contributed by atoms with E-state index in [0.29, 0.717) is 5.75 Å². The molecule has 2 aromatic heterocycles. The Morgan fingerprint density at radius 3 is 1.97 bits per heavy atom. The Balaban J connectivity index is 2.06. The molecule has 4 rings (SSSR count). The number of pyridine rings is 2. The molecule has 0 amide bonds. The lowest BCUT2D eigenvalue weighted by molar-refractivity contribution is 0.0510. The summed E-state index contributed by atoms with van der Waals surface area (Å²) in [5, 5.41) is 0.186. The summed E-state index contributed by atoms with van der Waals surface area (Å²) in [7, 11) is 0. The van der Waals surface area contributed by atoms with Gasteiger partial charge in [0.2, 0.25) is 0 Å². The highest BCUT2D eigenvalue weighted by Crippen LogP contribution is 2.32. The van der Waals surface area contributed by atoms with Crippen LogP contribution in [0.25, 0.3) is 21.8 Å². The minimum atomic E-state index is -0.728. The molecular formula is C24H20N2O7. The maximum Gasteiger partial charge on any atom is 0.354 e. The molecule has 0 aliphatic heterocycles. The fourth-order valence-corrected chi connectivity index (χ4v) is 3.44. The molecule has 2 heterocycles. The number of carbonyl (C=O) groups excluding carboxylic acids is 2. The van der Waals surface area contributed by atoms with Crippen molar-refractivity contribution < 1.29 is 23.8 Å². The number of hydrogen-bond acceptors (Lipinski definition) is 7. The van der Waals surface area contributed by atoms with E-state index in [1.165, 1.54) is 6.07 Å². The summed E-state index contributed by atoms with van der Waals surface area (Å²) in [6.07, 6.45) is 0. The van der Waals surface area contributed by atoms with Gasteiger partial charge in [0.1, 0.15) is 17.1 Å². The first kappa shape index (κ1) is 21.8. The van der Waals surface area contributed by atoms with Crippen LogP contribution < -0.4 is 15.6 Å². The van der Waals surface area contributed by atoms with Gasteiger partial charge in [-0.3, -0.25) is 9.59 Å². The number of H-pyrrole nitrogens is 2. The van der Waals surface area contributed by atoms with E-state index in [0.717, 1.165) is 12.1 Å². The molecule has 0 saturated carbocycles. The Kier molecular flexibility index (Phi) is 5.95. The molecule has 0 atom stereocenters. The predicted octanol–water partition coefficient (Wildman–Crippen LogP) is 3.52. The molecule has 0 aliphatic rings. The van der Waals surface area contributed by atoms with Crippen molar-refractivity contribution >= 4 is 33.7 Å². The second-order valence-electron chi connectivity index (χ2n) is 7.00. The van der Waals surface area contributed by atoms with Gasteiger partial charge in [-0.15, -0.1) is 0 Å². The first-order valence-electron chi connectivity index (χ1n) is 10.3. The van der Waals surface area contributed by atoms with Crippen molar-refractivity contribution in [3.63, 3.8) is 0 Å². The van der Waals surface area contributed by atoms with Crippen molar-refractivity contribution in [2.24, 2.45) is 0 Å². The third kappa shape index (κ3) is 4.20. The highest BCUT2D eigenvalue weighted by Gasteiger charge is 2.20. The minimum absolute atomic E-state index is 0.0507. The number of aromatic nitrogens is 2. The van der Waals surface area contributed by atoms with Gasteiger partial charge in [0.25, 0.3) is 0 Å². The average Bonchev–Trinajstić information content (AvgIpc) is 2.80. The molecule has 9 heteroatoms. The van der Waals surface area contributed by atoms with Gasteiger partial charge in [-0.2, -0.15) is 0 Å². The fraction of sp³-hybridized carbons (Fsp3) is 0.167. The third-order valence-corrected chi connectivity index (χ3v) is 4.83. The van der Waals surface area contributed by atoms with Crippen LogP contribution in [0.15, 0.2) is 58.1 Å². The van der Waals surface area contributed by atoms with Crippen molar-refractivity contribution in [2.75, 3.05) is 13.2 Å².